The van der Waals surface area contributed by atoms with Crippen LogP contribution in [0.3, 0.4) is 0 Å². The molecule has 0 aromatic heterocycles. The Bertz CT molecular complexity index is 488. The summed E-state index contributed by atoms with van der Waals surface area (Å²) < 4.78 is 5.75. The summed E-state index contributed by atoms with van der Waals surface area (Å²) in [5, 5.41) is 0. The van der Waals surface area contributed by atoms with Crippen LogP contribution in [0.25, 0.3) is 0 Å². The van der Waals surface area contributed by atoms with Crippen LogP contribution in [-0.2, 0) is 5.41 Å². The predicted molar refractivity (Wildman–Crippen MR) is 75.0 cm³/mol. The number of nitrogens with two attached hydrogens (primary N) is 1. The second kappa shape index (κ2) is 5.23. The molecule has 2 aromatic rings. The van der Waals surface area contributed by atoms with Crippen LogP contribution in [0.1, 0.15) is 19.4 Å². The number of para-hydroxylation sites is 1. The fourth-order valence-corrected chi connectivity index (χ4v) is 1.72. The van der Waals surface area contributed by atoms with Crippen LogP contribution in [0, 0.1) is 0 Å². The van der Waals surface area contributed by atoms with Gasteiger partial charge in [0.25, 0.3) is 0 Å². The fraction of sp³-hybridized carbons (Fsp3) is 0.250. The van der Waals surface area contributed by atoms with Gasteiger partial charge < -0.3 is 10.5 Å². The highest BCUT2D eigenvalue weighted by atomic mass is 16.5. The van der Waals surface area contributed by atoms with Crippen LogP contribution in [-0.4, -0.2) is 6.54 Å². The third kappa shape index (κ3) is 2.90. The van der Waals surface area contributed by atoms with E-state index in [1.165, 1.54) is 5.56 Å². The fourth-order valence-electron chi connectivity index (χ4n) is 1.72. The second-order valence-electron chi connectivity index (χ2n) is 5.03. The zero-order chi connectivity index (χ0) is 13.0. The summed E-state index contributed by atoms with van der Waals surface area (Å²) in [6.45, 7) is 4.91. The number of hydrogen-bond donors (Lipinski definition) is 1. The van der Waals surface area contributed by atoms with Crippen molar-refractivity contribution >= 4 is 0 Å². The van der Waals surface area contributed by atoms with Gasteiger partial charge in [0, 0.05) is 12.0 Å². The van der Waals surface area contributed by atoms with Crippen molar-refractivity contribution in [3.8, 4) is 11.5 Å². The van der Waals surface area contributed by atoms with E-state index in [-0.39, 0.29) is 5.41 Å². The van der Waals surface area contributed by atoms with Crippen molar-refractivity contribution in [3.63, 3.8) is 0 Å². The van der Waals surface area contributed by atoms with Gasteiger partial charge in [0.2, 0.25) is 0 Å². The zero-order valence-electron chi connectivity index (χ0n) is 10.9. The van der Waals surface area contributed by atoms with E-state index in [0.29, 0.717) is 6.54 Å². The molecule has 0 aliphatic carbocycles. The van der Waals surface area contributed by atoms with Gasteiger partial charge in [-0.25, -0.2) is 0 Å². The second-order valence-corrected chi connectivity index (χ2v) is 5.03. The molecule has 0 aliphatic rings. The van der Waals surface area contributed by atoms with Crippen LogP contribution in [0.5, 0.6) is 11.5 Å². The predicted octanol–water partition coefficient (Wildman–Crippen LogP) is 3.72. The van der Waals surface area contributed by atoms with Crippen molar-refractivity contribution in [1.82, 2.24) is 0 Å². The molecule has 0 bridgehead atoms. The molecule has 0 fully saturated rings. The maximum absolute atomic E-state index is 5.77. The Hall–Kier alpha value is -1.80. The summed E-state index contributed by atoms with van der Waals surface area (Å²) >= 11 is 0. The van der Waals surface area contributed by atoms with Crippen LogP contribution in [0.4, 0.5) is 0 Å². The molecule has 0 saturated carbocycles. The van der Waals surface area contributed by atoms with Gasteiger partial charge in [-0.1, -0.05) is 44.2 Å². The van der Waals surface area contributed by atoms with Crippen LogP contribution >= 0.6 is 0 Å². The maximum atomic E-state index is 5.77. The Labute approximate surface area is 108 Å². The first-order chi connectivity index (χ1) is 8.62. The van der Waals surface area contributed by atoms with Crippen LogP contribution < -0.4 is 10.5 Å². The largest absolute Gasteiger partial charge is 0.457 e. The summed E-state index contributed by atoms with van der Waals surface area (Å²) in [6.07, 6.45) is 0. The van der Waals surface area contributed by atoms with E-state index in [2.05, 4.69) is 26.0 Å². The molecule has 94 valence electrons. The molecule has 18 heavy (non-hydrogen) atoms. The minimum Gasteiger partial charge on any atom is -0.457 e. The number of hydrogen-bond acceptors (Lipinski definition) is 2. The average Bonchev–Trinajstić information content (AvgIpc) is 2.40. The Morgan fingerprint density at radius 1 is 0.889 bits per heavy atom. The molecule has 0 spiro atoms. The average molecular weight is 241 g/mol. The Morgan fingerprint density at radius 3 is 2.00 bits per heavy atom. The first kappa shape index (κ1) is 12.7. The summed E-state index contributed by atoms with van der Waals surface area (Å²) in [5.41, 5.74) is 7.00. The van der Waals surface area contributed by atoms with E-state index < -0.39 is 0 Å². The molecule has 0 aliphatic heterocycles. The lowest BCUT2D eigenvalue weighted by molar-refractivity contribution is 0.480. The van der Waals surface area contributed by atoms with E-state index in [1.54, 1.807) is 0 Å². The quantitative estimate of drug-likeness (QED) is 0.885. The van der Waals surface area contributed by atoms with Crippen molar-refractivity contribution in [3.05, 3.63) is 60.2 Å². The van der Waals surface area contributed by atoms with Gasteiger partial charge in [-0.3, -0.25) is 0 Å². The van der Waals surface area contributed by atoms with Gasteiger partial charge in [-0.05, 0) is 29.8 Å². The lowest BCUT2D eigenvalue weighted by Gasteiger charge is -2.23. The SMILES string of the molecule is CC(C)(CN)c1ccc(Oc2ccccc2)cc1. The number of rotatable bonds is 4. The Kier molecular flexibility index (Phi) is 3.68. The molecule has 0 heterocycles. The standard InChI is InChI=1S/C16H19NO/c1-16(2,12-17)13-8-10-15(11-9-13)18-14-6-4-3-5-7-14/h3-11H,12,17H2,1-2H3. The van der Waals surface area contributed by atoms with E-state index in [0.717, 1.165) is 11.5 Å². The monoisotopic (exact) mass is 241 g/mol. The smallest absolute Gasteiger partial charge is 0.127 e. The molecular formula is C16H19NO. The lowest BCUT2D eigenvalue weighted by atomic mass is 9.85. The molecule has 0 radical (unpaired) electrons. The third-order valence-corrected chi connectivity index (χ3v) is 3.13. The summed E-state index contributed by atoms with van der Waals surface area (Å²) in [6, 6.07) is 17.9. The van der Waals surface area contributed by atoms with Gasteiger partial charge in [0.15, 0.2) is 0 Å². The zero-order valence-corrected chi connectivity index (χ0v) is 10.9. The van der Waals surface area contributed by atoms with Crippen molar-refractivity contribution in [2.45, 2.75) is 19.3 Å². The van der Waals surface area contributed by atoms with E-state index in [9.17, 15) is 0 Å². The molecule has 2 N–H and O–H groups in total. The van der Waals surface area contributed by atoms with Crippen molar-refractivity contribution in [2.75, 3.05) is 6.54 Å². The third-order valence-electron chi connectivity index (χ3n) is 3.13. The molecule has 2 nitrogen and oxygen atoms in total. The van der Waals surface area contributed by atoms with Gasteiger partial charge in [-0.15, -0.1) is 0 Å². The lowest BCUT2D eigenvalue weighted by Crippen LogP contribution is -2.27. The topological polar surface area (TPSA) is 35.2 Å². The summed E-state index contributed by atoms with van der Waals surface area (Å²) in [4.78, 5) is 0. The summed E-state index contributed by atoms with van der Waals surface area (Å²) in [7, 11) is 0. The first-order valence-corrected chi connectivity index (χ1v) is 6.15. The molecule has 0 saturated heterocycles. The van der Waals surface area contributed by atoms with Crippen LogP contribution in [0.2, 0.25) is 0 Å². The molecule has 0 atom stereocenters. The van der Waals surface area contributed by atoms with Gasteiger partial charge in [0.05, 0.1) is 0 Å². The minimum atomic E-state index is 0.00524. The van der Waals surface area contributed by atoms with Crippen LogP contribution in [0.15, 0.2) is 54.6 Å². The highest BCUT2D eigenvalue weighted by Crippen LogP contribution is 2.26. The van der Waals surface area contributed by atoms with Gasteiger partial charge in [-0.2, -0.15) is 0 Å². The van der Waals surface area contributed by atoms with E-state index in [4.69, 9.17) is 10.5 Å². The molecule has 0 amide bonds. The highest BCUT2D eigenvalue weighted by molar-refractivity contribution is 5.35. The minimum absolute atomic E-state index is 0.00524. The van der Waals surface area contributed by atoms with Crippen molar-refractivity contribution < 1.29 is 4.74 Å². The molecule has 2 aromatic carbocycles. The number of benzene rings is 2. The van der Waals surface area contributed by atoms with Crippen molar-refractivity contribution in [1.29, 1.82) is 0 Å². The van der Waals surface area contributed by atoms with Crippen molar-refractivity contribution in [2.24, 2.45) is 5.73 Å². The van der Waals surface area contributed by atoms with E-state index in [1.807, 2.05) is 42.5 Å². The Morgan fingerprint density at radius 2 is 1.44 bits per heavy atom. The Balaban J connectivity index is 2.14. The van der Waals surface area contributed by atoms with Gasteiger partial charge >= 0.3 is 0 Å². The number of ether oxygens (including phenoxy) is 1. The highest BCUT2D eigenvalue weighted by Gasteiger charge is 2.17. The molecule has 0 unspecified atom stereocenters. The summed E-state index contributed by atoms with van der Waals surface area (Å²) in [5.74, 6) is 1.70. The normalized spacial score (nSPS) is 11.3. The first-order valence-electron chi connectivity index (χ1n) is 6.15. The molecule has 2 heteroatoms. The van der Waals surface area contributed by atoms with E-state index >= 15 is 0 Å². The molecular weight excluding hydrogens is 222 g/mol. The van der Waals surface area contributed by atoms with Gasteiger partial charge in [0.1, 0.15) is 11.5 Å². The molecule has 2 rings (SSSR count). The maximum Gasteiger partial charge on any atom is 0.127 e.